The predicted molar refractivity (Wildman–Crippen MR) is 82.2 cm³/mol. The van der Waals surface area contributed by atoms with Gasteiger partial charge in [0, 0.05) is 31.1 Å². The Bertz CT molecular complexity index is 658. The summed E-state index contributed by atoms with van der Waals surface area (Å²) < 4.78 is 7.86. The molecule has 2 aromatic heterocycles. The molecule has 114 valence electrons. The molecule has 0 unspecified atom stereocenters. The minimum Gasteiger partial charge on any atom is -0.371 e. The summed E-state index contributed by atoms with van der Waals surface area (Å²) in [6.45, 7) is 3.68. The van der Waals surface area contributed by atoms with E-state index in [2.05, 4.69) is 28.4 Å². The standard InChI is InChI=1S/C16H19N5O/c1-2-21-11-13(10-19-21)16-14(4-3-7-22-16)20-15-6-5-12(8-17)9-18-15/h5-6,9-11,14,16H,2-4,7H2,1H3,(H,18,20)/t14-,16+/m0/s1. The zero-order valence-corrected chi connectivity index (χ0v) is 12.6. The van der Waals surface area contributed by atoms with E-state index < -0.39 is 0 Å². The molecular formula is C16H19N5O. The van der Waals surface area contributed by atoms with Crippen LogP contribution in [-0.2, 0) is 11.3 Å². The Morgan fingerprint density at radius 3 is 3.05 bits per heavy atom. The molecule has 1 aliphatic heterocycles. The summed E-state index contributed by atoms with van der Waals surface area (Å²) in [5.74, 6) is 0.766. The normalized spacial score (nSPS) is 21.3. The second-order valence-electron chi connectivity index (χ2n) is 5.36. The molecule has 1 saturated heterocycles. The lowest BCUT2D eigenvalue weighted by atomic mass is 9.98. The van der Waals surface area contributed by atoms with Gasteiger partial charge in [-0.25, -0.2) is 4.98 Å². The van der Waals surface area contributed by atoms with Gasteiger partial charge in [0.15, 0.2) is 0 Å². The molecule has 1 N–H and O–H groups in total. The number of nitrogens with zero attached hydrogens (tertiary/aromatic N) is 4. The van der Waals surface area contributed by atoms with Gasteiger partial charge in [0.2, 0.25) is 0 Å². The molecule has 1 fully saturated rings. The number of rotatable bonds is 4. The lowest BCUT2D eigenvalue weighted by molar-refractivity contribution is 0.00551. The van der Waals surface area contributed by atoms with Crippen LogP contribution < -0.4 is 5.32 Å². The fraction of sp³-hybridized carbons (Fsp3) is 0.438. The Kier molecular flexibility index (Phi) is 4.35. The Morgan fingerprint density at radius 2 is 2.36 bits per heavy atom. The van der Waals surface area contributed by atoms with Crippen molar-refractivity contribution in [2.45, 2.75) is 38.5 Å². The van der Waals surface area contributed by atoms with Crippen molar-refractivity contribution in [2.75, 3.05) is 11.9 Å². The highest BCUT2D eigenvalue weighted by molar-refractivity contribution is 5.40. The number of pyridine rings is 1. The van der Waals surface area contributed by atoms with E-state index in [-0.39, 0.29) is 12.1 Å². The van der Waals surface area contributed by atoms with Crippen molar-refractivity contribution in [1.82, 2.24) is 14.8 Å². The lowest BCUT2D eigenvalue weighted by Gasteiger charge is -2.32. The molecule has 6 nitrogen and oxygen atoms in total. The molecule has 0 saturated carbocycles. The smallest absolute Gasteiger partial charge is 0.126 e. The van der Waals surface area contributed by atoms with Crippen LogP contribution in [-0.4, -0.2) is 27.4 Å². The third-order valence-corrected chi connectivity index (χ3v) is 3.85. The number of anilines is 1. The largest absolute Gasteiger partial charge is 0.371 e. The van der Waals surface area contributed by atoms with Gasteiger partial charge in [-0.2, -0.15) is 10.4 Å². The van der Waals surface area contributed by atoms with Gasteiger partial charge >= 0.3 is 0 Å². The van der Waals surface area contributed by atoms with Crippen LogP contribution in [0.3, 0.4) is 0 Å². The Balaban J connectivity index is 1.75. The molecule has 0 bridgehead atoms. The van der Waals surface area contributed by atoms with E-state index >= 15 is 0 Å². The van der Waals surface area contributed by atoms with Crippen LogP contribution in [0.4, 0.5) is 5.82 Å². The first-order valence-corrected chi connectivity index (χ1v) is 7.57. The zero-order chi connectivity index (χ0) is 15.4. The minimum absolute atomic E-state index is 0.0218. The maximum absolute atomic E-state index is 8.83. The molecule has 2 atom stereocenters. The molecule has 0 aromatic carbocycles. The van der Waals surface area contributed by atoms with Crippen molar-refractivity contribution < 1.29 is 4.74 Å². The molecule has 0 aliphatic carbocycles. The number of ether oxygens (including phenoxy) is 1. The molecule has 22 heavy (non-hydrogen) atoms. The van der Waals surface area contributed by atoms with E-state index in [1.54, 1.807) is 12.3 Å². The average Bonchev–Trinajstić information content (AvgIpc) is 3.05. The first kappa shape index (κ1) is 14.5. The third kappa shape index (κ3) is 3.10. The van der Waals surface area contributed by atoms with Crippen LogP contribution in [0.1, 0.15) is 37.0 Å². The molecule has 0 amide bonds. The van der Waals surface area contributed by atoms with Gasteiger partial charge in [0.25, 0.3) is 0 Å². The zero-order valence-electron chi connectivity index (χ0n) is 12.6. The quantitative estimate of drug-likeness (QED) is 0.938. The molecule has 0 radical (unpaired) electrons. The summed E-state index contributed by atoms with van der Waals surface area (Å²) in [7, 11) is 0. The van der Waals surface area contributed by atoms with E-state index in [9.17, 15) is 0 Å². The Labute approximate surface area is 129 Å². The second kappa shape index (κ2) is 6.58. The average molecular weight is 297 g/mol. The summed E-state index contributed by atoms with van der Waals surface area (Å²) in [5.41, 5.74) is 1.65. The van der Waals surface area contributed by atoms with Crippen LogP contribution in [0.5, 0.6) is 0 Å². The summed E-state index contributed by atoms with van der Waals surface area (Å²) >= 11 is 0. The Morgan fingerprint density at radius 1 is 1.45 bits per heavy atom. The monoisotopic (exact) mass is 297 g/mol. The van der Waals surface area contributed by atoms with Crippen LogP contribution in [0.2, 0.25) is 0 Å². The first-order valence-electron chi connectivity index (χ1n) is 7.57. The molecule has 2 aromatic rings. The van der Waals surface area contributed by atoms with Crippen LogP contribution in [0.15, 0.2) is 30.7 Å². The SMILES string of the molecule is CCn1cc([C@H]2OCCC[C@@H]2Nc2ccc(C#N)cn2)cn1. The molecule has 3 heterocycles. The van der Waals surface area contributed by atoms with Crippen molar-refractivity contribution in [3.63, 3.8) is 0 Å². The van der Waals surface area contributed by atoms with Crippen molar-refractivity contribution >= 4 is 5.82 Å². The van der Waals surface area contributed by atoms with Crippen LogP contribution in [0.25, 0.3) is 0 Å². The topological polar surface area (TPSA) is 75.8 Å². The minimum atomic E-state index is -0.0218. The number of nitriles is 1. The number of aryl methyl sites for hydroxylation is 1. The number of aromatic nitrogens is 3. The van der Waals surface area contributed by atoms with E-state index in [4.69, 9.17) is 10.00 Å². The van der Waals surface area contributed by atoms with Gasteiger partial charge in [-0.3, -0.25) is 4.68 Å². The van der Waals surface area contributed by atoms with E-state index in [1.165, 1.54) is 0 Å². The van der Waals surface area contributed by atoms with Gasteiger partial charge in [-0.1, -0.05) is 0 Å². The summed E-state index contributed by atoms with van der Waals surface area (Å²) in [6, 6.07) is 5.83. The van der Waals surface area contributed by atoms with Gasteiger partial charge in [-0.05, 0) is 31.9 Å². The fourth-order valence-corrected chi connectivity index (χ4v) is 2.69. The maximum Gasteiger partial charge on any atom is 0.126 e. The number of hydrogen-bond donors (Lipinski definition) is 1. The van der Waals surface area contributed by atoms with Gasteiger partial charge in [0.1, 0.15) is 18.0 Å². The third-order valence-electron chi connectivity index (χ3n) is 3.85. The van der Waals surface area contributed by atoms with Crippen molar-refractivity contribution in [3.05, 3.63) is 41.9 Å². The highest BCUT2D eigenvalue weighted by Crippen LogP contribution is 2.30. The molecule has 1 aliphatic rings. The lowest BCUT2D eigenvalue weighted by Crippen LogP contribution is -2.33. The second-order valence-corrected chi connectivity index (χ2v) is 5.36. The van der Waals surface area contributed by atoms with Gasteiger partial charge in [-0.15, -0.1) is 0 Å². The molecule has 6 heteroatoms. The maximum atomic E-state index is 8.83. The number of nitrogens with one attached hydrogen (secondary N) is 1. The summed E-state index contributed by atoms with van der Waals surface area (Å²) in [5, 5.41) is 16.6. The molecular weight excluding hydrogens is 278 g/mol. The molecule has 3 rings (SSSR count). The van der Waals surface area contributed by atoms with E-state index in [0.29, 0.717) is 5.56 Å². The predicted octanol–water partition coefficient (Wildman–Crippen LogP) is 2.50. The number of hydrogen-bond acceptors (Lipinski definition) is 5. The highest BCUT2D eigenvalue weighted by Gasteiger charge is 2.28. The van der Waals surface area contributed by atoms with E-state index in [1.807, 2.05) is 23.1 Å². The van der Waals surface area contributed by atoms with Gasteiger partial charge in [0.05, 0.1) is 17.8 Å². The van der Waals surface area contributed by atoms with Crippen LogP contribution >= 0.6 is 0 Å². The van der Waals surface area contributed by atoms with Crippen molar-refractivity contribution in [2.24, 2.45) is 0 Å². The fourth-order valence-electron chi connectivity index (χ4n) is 2.69. The van der Waals surface area contributed by atoms with Crippen molar-refractivity contribution in [1.29, 1.82) is 5.26 Å². The first-order chi connectivity index (χ1) is 10.8. The highest BCUT2D eigenvalue weighted by atomic mass is 16.5. The summed E-state index contributed by atoms with van der Waals surface area (Å²) in [4.78, 5) is 4.28. The van der Waals surface area contributed by atoms with Crippen LogP contribution in [0, 0.1) is 11.3 Å². The van der Waals surface area contributed by atoms with E-state index in [0.717, 1.165) is 37.4 Å². The summed E-state index contributed by atoms with van der Waals surface area (Å²) in [6.07, 6.45) is 7.51. The van der Waals surface area contributed by atoms with Crippen molar-refractivity contribution in [3.8, 4) is 6.07 Å². The Hall–Kier alpha value is -2.39. The van der Waals surface area contributed by atoms with Gasteiger partial charge < -0.3 is 10.1 Å². The molecule has 0 spiro atoms.